The van der Waals surface area contributed by atoms with E-state index in [0.29, 0.717) is 23.7 Å². The molecule has 0 bridgehead atoms. The van der Waals surface area contributed by atoms with Gasteiger partial charge in [0.15, 0.2) is 0 Å². The smallest absolute Gasteiger partial charge is 0.146 e. The number of ether oxygens (including phenoxy) is 2. The highest BCUT2D eigenvalue weighted by Crippen LogP contribution is 2.37. The fraction of sp³-hybridized carbons (Fsp3) is 0.304. The first-order valence-electron chi connectivity index (χ1n) is 9.85. The number of azo groups is 1. The van der Waals surface area contributed by atoms with Crippen molar-refractivity contribution in [3.63, 3.8) is 0 Å². The Bertz CT molecular complexity index is 1010. The van der Waals surface area contributed by atoms with Gasteiger partial charge >= 0.3 is 0 Å². The van der Waals surface area contributed by atoms with E-state index in [1.807, 2.05) is 54.6 Å². The number of fused-ring (bicyclic) bond motifs is 1. The van der Waals surface area contributed by atoms with E-state index in [1.165, 1.54) is 0 Å². The van der Waals surface area contributed by atoms with Crippen molar-refractivity contribution in [3.05, 3.63) is 60.7 Å². The molecular formula is C23H25N3O3. The summed E-state index contributed by atoms with van der Waals surface area (Å²) in [5.74, 6) is 0.768. The van der Waals surface area contributed by atoms with E-state index >= 15 is 0 Å². The van der Waals surface area contributed by atoms with Crippen LogP contribution in [0.5, 0.6) is 11.5 Å². The monoisotopic (exact) mass is 391 g/mol. The topological polar surface area (TPSA) is 66.7 Å². The molecule has 1 fully saturated rings. The van der Waals surface area contributed by atoms with Crippen molar-refractivity contribution >= 4 is 22.1 Å². The van der Waals surface area contributed by atoms with E-state index in [-0.39, 0.29) is 11.9 Å². The summed E-state index contributed by atoms with van der Waals surface area (Å²) in [6.07, 6.45) is 1.01. The Hall–Kier alpha value is -2.96. The van der Waals surface area contributed by atoms with Crippen molar-refractivity contribution in [1.29, 1.82) is 0 Å². The molecular weight excluding hydrogens is 366 g/mol. The molecule has 3 aromatic carbocycles. The Morgan fingerprint density at radius 2 is 1.90 bits per heavy atom. The first kappa shape index (κ1) is 19.4. The lowest BCUT2D eigenvalue weighted by atomic mass is 10.1. The molecule has 4 rings (SSSR count). The number of phenols is 1. The molecule has 0 radical (unpaired) electrons. The van der Waals surface area contributed by atoms with Gasteiger partial charge in [-0.3, -0.25) is 0 Å². The summed E-state index contributed by atoms with van der Waals surface area (Å²) in [5.41, 5.74) is 1.08. The van der Waals surface area contributed by atoms with Gasteiger partial charge in [-0.05, 0) is 30.6 Å². The van der Waals surface area contributed by atoms with Crippen LogP contribution in [0.25, 0.3) is 10.8 Å². The quantitative estimate of drug-likeness (QED) is 0.597. The Balaban J connectivity index is 1.48. The van der Waals surface area contributed by atoms with Crippen LogP contribution in [0.4, 0.5) is 11.4 Å². The van der Waals surface area contributed by atoms with Crippen LogP contribution in [0.3, 0.4) is 0 Å². The van der Waals surface area contributed by atoms with Crippen LogP contribution < -0.4 is 4.74 Å². The lowest BCUT2D eigenvalue weighted by Crippen LogP contribution is -2.40. The van der Waals surface area contributed by atoms with Crippen LogP contribution in [0.1, 0.15) is 6.42 Å². The van der Waals surface area contributed by atoms with Crippen LogP contribution >= 0.6 is 0 Å². The Morgan fingerprint density at radius 1 is 1.07 bits per heavy atom. The van der Waals surface area contributed by atoms with Crippen molar-refractivity contribution in [2.24, 2.45) is 10.2 Å². The zero-order valence-electron chi connectivity index (χ0n) is 16.5. The molecule has 1 aliphatic rings. The number of phenolic OH excluding ortho intramolecular Hbond substituents is 1. The molecule has 150 valence electrons. The zero-order valence-corrected chi connectivity index (χ0v) is 16.5. The fourth-order valence-electron chi connectivity index (χ4n) is 3.46. The molecule has 1 heterocycles. The molecule has 1 N–H and O–H groups in total. The highest BCUT2D eigenvalue weighted by atomic mass is 16.5. The van der Waals surface area contributed by atoms with Gasteiger partial charge in [0.05, 0.1) is 19.3 Å². The van der Waals surface area contributed by atoms with Crippen molar-refractivity contribution in [3.8, 4) is 11.5 Å². The van der Waals surface area contributed by atoms with Crippen LogP contribution in [0.15, 0.2) is 70.9 Å². The average Bonchev–Trinajstić information content (AvgIpc) is 2.74. The number of benzene rings is 3. The highest BCUT2D eigenvalue weighted by Gasteiger charge is 2.17. The Kier molecular flexibility index (Phi) is 6.03. The minimum absolute atomic E-state index is 0.101. The summed E-state index contributed by atoms with van der Waals surface area (Å²) in [4.78, 5) is 2.27. The highest BCUT2D eigenvalue weighted by molar-refractivity contribution is 5.95. The van der Waals surface area contributed by atoms with Gasteiger partial charge in [0, 0.05) is 24.9 Å². The molecule has 0 aliphatic carbocycles. The first-order valence-corrected chi connectivity index (χ1v) is 9.85. The van der Waals surface area contributed by atoms with Gasteiger partial charge < -0.3 is 19.5 Å². The molecule has 6 heteroatoms. The second-order valence-electron chi connectivity index (χ2n) is 7.21. The van der Waals surface area contributed by atoms with E-state index in [1.54, 1.807) is 6.07 Å². The largest absolute Gasteiger partial charge is 0.506 e. The van der Waals surface area contributed by atoms with Crippen LogP contribution in [0.2, 0.25) is 0 Å². The third kappa shape index (κ3) is 4.72. The molecule has 3 aromatic rings. The second-order valence-corrected chi connectivity index (χ2v) is 7.21. The molecule has 0 amide bonds. The van der Waals surface area contributed by atoms with Gasteiger partial charge in [-0.15, -0.1) is 10.2 Å². The molecule has 6 nitrogen and oxygen atoms in total. The lowest BCUT2D eigenvalue weighted by molar-refractivity contribution is -0.0283. The molecule has 1 unspecified atom stereocenters. The number of rotatable bonds is 6. The van der Waals surface area contributed by atoms with Gasteiger partial charge in [-0.25, -0.2) is 0 Å². The summed E-state index contributed by atoms with van der Waals surface area (Å²) < 4.78 is 11.8. The number of para-hydroxylation sites is 1. The lowest BCUT2D eigenvalue weighted by Gasteiger charge is -2.29. The molecule has 0 saturated carbocycles. The van der Waals surface area contributed by atoms with Crippen molar-refractivity contribution in [2.45, 2.75) is 12.5 Å². The summed E-state index contributed by atoms with van der Waals surface area (Å²) in [6.45, 7) is 3.21. The van der Waals surface area contributed by atoms with E-state index < -0.39 is 0 Å². The molecule has 0 spiro atoms. The van der Waals surface area contributed by atoms with Gasteiger partial charge in [0.25, 0.3) is 0 Å². The summed E-state index contributed by atoms with van der Waals surface area (Å²) in [5, 5.41) is 20.8. The van der Waals surface area contributed by atoms with Crippen molar-refractivity contribution in [2.75, 3.05) is 33.4 Å². The van der Waals surface area contributed by atoms with E-state index in [2.05, 4.69) is 22.2 Å². The normalized spacial score (nSPS) is 17.8. The zero-order chi connectivity index (χ0) is 20.1. The van der Waals surface area contributed by atoms with Crippen LogP contribution in [-0.4, -0.2) is 49.5 Å². The number of morpholine rings is 1. The maximum Gasteiger partial charge on any atom is 0.146 e. The molecule has 1 aliphatic heterocycles. The fourth-order valence-corrected chi connectivity index (χ4v) is 3.46. The maximum atomic E-state index is 10.3. The molecule has 29 heavy (non-hydrogen) atoms. The minimum Gasteiger partial charge on any atom is -0.506 e. The van der Waals surface area contributed by atoms with Crippen LogP contribution in [-0.2, 0) is 4.74 Å². The molecule has 1 atom stereocenters. The summed E-state index contributed by atoms with van der Waals surface area (Å²) >= 11 is 0. The van der Waals surface area contributed by atoms with Gasteiger partial charge in [-0.1, -0.05) is 42.5 Å². The predicted molar refractivity (Wildman–Crippen MR) is 114 cm³/mol. The third-order valence-electron chi connectivity index (χ3n) is 5.04. The standard InChI is InChI=1S/C23H25N3O3/c1-26-13-15-28-18(16-26)12-14-29-22-9-5-4-8-20(22)24-25-23-19-7-3-2-6-17(19)10-11-21(23)27/h2-11,18,27H,12-16H2,1H3. The first-order chi connectivity index (χ1) is 14.2. The number of hydrogen-bond donors (Lipinski definition) is 1. The summed E-state index contributed by atoms with van der Waals surface area (Å²) in [7, 11) is 2.11. The van der Waals surface area contributed by atoms with Gasteiger partial charge in [0.2, 0.25) is 0 Å². The number of likely N-dealkylation sites (N-methyl/N-ethyl adjacent to an activating group) is 1. The summed E-state index contributed by atoms with van der Waals surface area (Å²) in [6, 6.07) is 18.8. The molecule has 0 aromatic heterocycles. The minimum atomic E-state index is 0.101. The van der Waals surface area contributed by atoms with Gasteiger partial charge in [-0.2, -0.15) is 0 Å². The number of hydrogen-bond acceptors (Lipinski definition) is 6. The van der Waals surface area contributed by atoms with Crippen molar-refractivity contribution < 1.29 is 14.6 Å². The molecule has 1 saturated heterocycles. The average molecular weight is 391 g/mol. The van der Waals surface area contributed by atoms with Crippen molar-refractivity contribution in [1.82, 2.24) is 4.90 Å². The maximum absolute atomic E-state index is 10.3. The number of aromatic hydroxyl groups is 1. The number of nitrogens with zero attached hydrogens (tertiary/aromatic N) is 3. The van der Waals surface area contributed by atoms with E-state index in [4.69, 9.17) is 9.47 Å². The van der Waals surface area contributed by atoms with E-state index in [0.717, 1.165) is 36.9 Å². The Morgan fingerprint density at radius 3 is 2.79 bits per heavy atom. The second kappa shape index (κ2) is 9.03. The third-order valence-corrected chi connectivity index (χ3v) is 5.04. The Labute approximate surface area is 170 Å². The van der Waals surface area contributed by atoms with Crippen LogP contribution in [0, 0.1) is 0 Å². The van der Waals surface area contributed by atoms with Gasteiger partial charge in [0.1, 0.15) is 22.9 Å². The SMILES string of the molecule is CN1CCOC(CCOc2ccccc2N=Nc2c(O)ccc3ccccc23)C1. The van der Waals surface area contributed by atoms with E-state index in [9.17, 15) is 5.11 Å². The predicted octanol–water partition coefficient (Wildman–Crippen LogP) is 5.06.